The minimum absolute atomic E-state index is 0.0477. The SMILES string of the molecule is COC(=O)/C=C(/Nc1ccc2sc(C(=O)N(C)C)cc2c1)C(=O)OC. The van der Waals surface area contributed by atoms with E-state index in [1.54, 1.807) is 32.3 Å². The molecule has 0 aliphatic rings. The number of fused-ring (bicyclic) bond motifs is 1. The van der Waals surface area contributed by atoms with E-state index in [2.05, 4.69) is 14.8 Å². The number of hydrogen-bond acceptors (Lipinski definition) is 7. The summed E-state index contributed by atoms with van der Waals surface area (Å²) in [7, 11) is 5.82. The number of carbonyl (C=O) groups excluding carboxylic acids is 3. The summed E-state index contributed by atoms with van der Waals surface area (Å²) in [4.78, 5) is 37.4. The van der Waals surface area contributed by atoms with Gasteiger partial charge >= 0.3 is 11.9 Å². The molecule has 0 aliphatic carbocycles. The highest BCUT2D eigenvalue weighted by molar-refractivity contribution is 7.20. The topological polar surface area (TPSA) is 84.9 Å². The number of methoxy groups -OCH3 is 2. The predicted octanol–water partition coefficient (Wildman–Crippen LogP) is 2.24. The van der Waals surface area contributed by atoms with Crippen molar-refractivity contribution in [3.8, 4) is 0 Å². The largest absolute Gasteiger partial charge is 0.466 e. The third-order valence-electron chi connectivity index (χ3n) is 3.28. The second kappa shape index (κ2) is 7.80. The molecule has 0 atom stereocenters. The number of ether oxygens (including phenoxy) is 2. The molecule has 1 amide bonds. The predicted molar refractivity (Wildman–Crippen MR) is 95.6 cm³/mol. The molecule has 132 valence electrons. The number of esters is 2. The van der Waals surface area contributed by atoms with Crippen molar-refractivity contribution in [3.63, 3.8) is 0 Å². The van der Waals surface area contributed by atoms with Crippen LogP contribution in [0, 0.1) is 0 Å². The molecule has 0 saturated heterocycles. The molecule has 1 aromatic heterocycles. The van der Waals surface area contributed by atoms with Gasteiger partial charge < -0.3 is 19.7 Å². The first-order chi connectivity index (χ1) is 11.8. The van der Waals surface area contributed by atoms with Gasteiger partial charge in [-0.1, -0.05) is 0 Å². The van der Waals surface area contributed by atoms with E-state index in [0.29, 0.717) is 10.6 Å². The second-order valence-electron chi connectivity index (χ2n) is 5.26. The van der Waals surface area contributed by atoms with Crippen molar-refractivity contribution in [3.05, 3.63) is 40.9 Å². The van der Waals surface area contributed by atoms with Crippen molar-refractivity contribution in [1.82, 2.24) is 4.90 Å². The Morgan fingerprint density at radius 3 is 2.44 bits per heavy atom. The van der Waals surface area contributed by atoms with E-state index in [4.69, 9.17) is 0 Å². The Balaban J connectivity index is 2.34. The van der Waals surface area contributed by atoms with Crippen molar-refractivity contribution in [2.75, 3.05) is 33.6 Å². The second-order valence-corrected chi connectivity index (χ2v) is 6.34. The summed E-state index contributed by atoms with van der Waals surface area (Å²) in [6, 6.07) is 7.15. The van der Waals surface area contributed by atoms with Crippen LogP contribution in [0.4, 0.5) is 5.69 Å². The number of carbonyl (C=O) groups is 3. The molecule has 1 N–H and O–H groups in total. The van der Waals surface area contributed by atoms with Gasteiger partial charge in [0.05, 0.1) is 25.2 Å². The fraction of sp³-hybridized carbons (Fsp3) is 0.235. The summed E-state index contributed by atoms with van der Waals surface area (Å²) in [5.41, 5.74) is 0.531. The van der Waals surface area contributed by atoms with Gasteiger partial charge in [0.1, 0.15) is 5.70 Å². The number of nitrogens with zero attached hydrogens (tertiary/aromatic N) is 1. The monoisotopic (exact) mass is 362 g/mol. The highest BCUT2D eigenvalue weighted by atomic mass is 32.1. The lowest BCUT2D eigenvalue weighted by Crippen LogP contribution is -2.20. The number of nitrogens with one attached hydrogen (secondary N) is 1. The van der Waals surface area contributed by atoms with Crippen LogP contribution in [0.5, 0.6) is 0 Å². The summed E-state index contributed by atoms with van der Waals surface area (Å²) in [6.45, 7) is 0. The van der Waals surface area contributed by atoms with Crippen molar-refractivity contribution in [1.29, 1.82) is 0 Å². The Morgan fingerprint density at radius 2 is 1.84 bits per heavy atom. The smallest absolute Gasteiger partial charge is 0.354 e. The molecule has 0 radical (unpaired) electrons. The van der Waals surface area contributed by atoms with Crippen LogP contribution in [0.25, 0.3) is 10.1 Å². The molecule has 0 aliphatic heterocycles. The summed E-state index contributed by atoms with van der Waals surface area (Å²) in [5, 5.41) is 3.69. The number of benzene rings is 1. The standard InChI is InChI=1S/C17H18N2O5S/c1-19(2)16(21)14-8-10-7-11(5-6-13(10)25-14)18-12(17(22)24-4)9-15(20)23-3/h5-9,18H,1-4H3/b12-9+. The normalized spacial score (nSPS) is 11.1. The highest BCUT2D eigenvalue weighted by Crippen LogP contribution is 2.29. The fourth-order valence-corrected chi connectivity index (χ4v) is 3.10. The van der Waals surface area contributed by atoms with E-state index in [1.165, 1.54) is 30.5 Å². The maximum absolute atomic E-state index is 12.1. The first-order valence-electron chi connectivity index (χ1n) is 7.26. The molecule has 0 spiro atoms. The molecule has 2 aromatic rings. The molecule has 1 aromatic carbocycles. The fourth-order valence-electron chi connectivity index (χ4n) is 2.04. The molecule has 0 saturated carbocycles. The summed E-state index contributed by atoms with van der Waals surface area (Å²) < 4.78 is 10.1. The van der Waals surface area contributed by atoms with E-state index < -0.39 is 11.9 Å². The maximum atomic E-state index is 12.1. The van der Waals surface area contributed by atoms with Gasteiger partial charge in [-0.15, -0.1) is 11.3 Å². The van der Waals surface area contributed by atoms with Crippen molar-refractivity contribution >= 4 is 45.0 Å². The van der Waals surface area contributed by atoms with Gasteiger partial charge in [-0.05, 0) is 29.7 Å². The molecule has 8 heteroatoms. The summed E-state index contributed by atoms with van der Waals surface area (Å²) in [5.74, 6) is -1.45. The van der Waals surface area contributed by atoms with E-state index in [-0.39, 0.29) is 11.6 Å². The third-order valence-corrected chi connectivity index (χ3v) is 4.39. The van der Waals surface area contributed by atoms with Gasteiger partial charge in [-0.2, -0.15) is 0 Å². The summed E-state index contributed by atoms with van der Waals surface area (Å²) in [6.07, 6.45) is 1.02. The van der Waals surface area contributed by atoms with Crippen molar-refractivity contribution in [2.24, 2.45) is 0 Å². The number of thiophene rings is 1. The van der Waals surface area contributed by atoms with Crippen LogP contribution in [-0.2, 0) is 19.1 Å². The molecule has 7 nitrogen and oxygen atoms in total. The highest BCUT2D eigenvalue weighted by Gasteiger charge is 2.15. The molecular weight excluding hydrogens is 344 g/mol. The number of anilines is 1. The van der Waals surface area contributed by atoms with Gasteiger partial charge in [0.25, 0.3) is 5.91 Å². The van der Waals surface area contributed by atoms with Crippen LogP contribution in [0.15, 0.2) is 36.0 Å². The Hall–Kier alpha value is -2.87. The van der Waals surface area contributed by atoms with Crippen molar-refractivity contribution in [2.45, 2.75) is 0 Å². The van der Waals surface area contributed by atoms with Gasteiger partial charge in [0.2, 0.25) is 0 Å². The van der Waals surface area contributed by atoms with Crippen LogP contribution in [-0.4, -0.2) is 51.1 Å². The van der Waals surface area contributed by atoms with Gasteiger partial charge in [0.15, 0.2) is 0 Å². The van der Waals surface area contributed by atoms with Crippen LogP contribution in [0.2, 0.25) is 0 Å². The number of hydrogen-bond donors (Lipinski definition) is 1. The van der Waals surface area contributed by atoms with E-state index in [0.717, 1.165) is 16.2 Å². The van der Waals surface area contributed by atoms with Gasteiger partial charge in [-0.25, -0.2) is 9.59 Å². The molecule has 0 fully saturated rings. The third kappa shape index (κ3) is 4.36. The minimum Gasteiger partial charge on any atom is -0.466 e. The average Bonchev–Trinajstić information content (AvgIpc) is 3.02. The Bertz CT molecular complexity index is 854. The molecule has 2 rings (SSSR count). The zero-order chi connectivity index (χ0) is 18.6. The van der Waals surface area contributed by atoms with Gasteiger partial charge in [0, 0.05) is 24.5 Å². The van der Waals surface area contributed by atoms with Crippen LogP contribution < -0.4 is 5.32 Å². The first-order valence-corrected chi connectivity index (χ1v) is 8.07. The lowest BCUT2D eigenvalue weighted by Gasteiger charge is -2.09. The first kappa shape index (κ1) is 18.5. The number of amides is 1. The lowest BCUT2D eigenvalue weighted by atomic mass is 10.2. The van der Waals surface area contributed by atoms with Crippen LogP contribution in [0.3, 0.4) is 0 Å². The van der Waals surface area contributed by atoms with Crippen LogP contribution in [0.1, 0.15) is 9.67 Å². The Labute approximate surface area is 148 Å². The summed E-state index contributed by atoms with van der Waals surface area (Å²) >= 11 is 1.39. The Morgan fingerprint density at radius 1 is 1.12 bits per heavy atom. The number of rotatable bonds is 5. The maximum Gasteiger partial charge on any atom is 0.354 e. The lowest BCUT2D eigenvalue weighted by molar-refractivity contribution is -0.138. The molecule has 25 heavy (non-hydrogen) atoms. The van der Waals surface area contributed by atoms with E-state index in [9.17, 15) is 14.4 Å². The zero-order valence-corrected chi connectivity index (χ0v) is 15.1. The quantitative estimate of drug-likeness (QED) is 0.649. The zero-order valence-electron chi connectivity index (χ0n) is 14.3. The average molecular weight is 362 g/mol. The van der Waals surface area contributed by atoms with E-state index >= 15 is 0 Å². The van der Waals surface area contributed by atoms with Crippen LogP contribution >= 0.6 is 11.3 Å². The molecule has 0 bridgehead atoms. The molecule has 0 unspecified atom stereocenters. The van der Waals surface area contributed by atoms with Gasteiger partial charge in [-0.3, -0.25) is 4.79 Å². The van der Waals surface area contributed by atoms with Crippen molar-refractivity contribution < 1.29 is 23.9 Å². The molecule has 1 heterocycles. The van der Waals surface area contributed by atoms with E-state index in [1.807, 2.05) is 6.07 Å². The Kier molecular flexibility index (Phi) is 5.76. The minimum atomic E-state index is -0.695. The molecular formula is C17H18N2O5S.